The molecule has 1 aromatic carbocycles. The summed E-state index contributed by atoms with van der Waals surface area (Å²) in [5.41, 5.74) is 5.95. The van der Waals surface area contributed by atoms with E-state index < -0.39 is 0 Å². The molecule has 1 heterocycles. The molecule has 0 amide bonds. The molecule has 0 fully saturated rings. The highest BCUT2D eigenvalue weighted by atomic mass is 35.5. The van der Waals surface area contributed by atoms with E-state index in [1.165, 1.54) is 0 Å². The van der Waals surface area contributed by atoms with Crippen molar-refractivity contribution in [3.05, 3.63) is 45.6 Å². The summed E-state index contributed by atoms with van der Waals surface area (Å²) in [6.07, 6.45) is 3.73. The molecule has 1 aromatic heterocycles. The average molecular weight is 281 g/mol. The van der Waals surface area contributed by atoms with Crippen molar-refractivity contribution in [2.75, 3.05) is 6.54 Å². The van der Waals surface area contributed by atoms with Crippen LogP contribution in [0.25, 0.3) is 5.69 Å². The fraction of sp³-hybridized carbons (Fsp3) is 0.385. The maximum atomic E-state index is 11.8. The minimum atomic E-state index is -0.240. The Morgan fingerprint density at radius 3 is 2.89 bits per heavy atom. The summed E-state index contributed by atoms with van der Waals surface area (Å²) in [7, 11) is 0. The Hall–Kier alpha value is -1.59. The summed E-state index contributed by atoms with van der Waals surface area (Å²) in [6.45, 7) is 0.696. The van der Waals surface area contributed by atoms with Gasteiger partial charge in [0.05, 0.1) is 5.69 Å². The lowest BCUT2D eigenvalue weighted by Crippen LogP contribution is -2.17. The quantitative estimate of drug-likeness (QED) is 0.793. The third-order valence-electron chi connectivity index (χ3n) is 2.91. The molecule has 6 heteroatoms. The van der Waals surface area contributed by atoms with Crippen molar-refractivity contribution in [2.24, 2.45) is 5.73 Å². The number of aryl methyl sites for hydroxylation is 1. The Balaban J connectivity index is 2.20. The Morgan fingerprint density at radius 2 is 2.16 bits per heavy atom. The van der Waals surface area contributed by atoms with Gasteiger partial charge in [-0.2, -0.15) is 5.10 Å². The highest BCUT2D eigenvalue weighted by Gasteiger charge is 2.10. The number of hydrogen-bond acceptors (Lipinski definition) is 3. The van der Waals surface area contributed by atoms with Crippen LogP contribution in [0.5, 0.6) is 0 Å². The Kier molecular flexibility index (Phi) is 4.76. The zero-order chi connectivity index (χ0) is 13.7. The number of benzene rings is 1. The number of H-pyrrole nitrogens is 1. The fourth-order valence-electron chi connectivity index (χ4n) is 1.98. The number of nitrogens with one attached hydrogen (secondary N) is 1. The second-order valence-corrected chi connectivity index (χ2v) is 4.80. The summed E-state index contributed by atoms with van der Waals surface area (Å²) < 4.78 is 1.56. The number of nitrogens with two attached hydrogens (primary N) is 1. The number of aromatic amines is 1. The van der Waals surface area contributed by atoms with Crippen molar-refractivity contribution < 1.29 is 0 Å². The largest absolute Gasteiger partial charge is 0.347 e. The SMILES string of the molecule is NCCCCCc1n[nH]c(=O)n1-c1cccc(Cl)c1. The Labute approximate surface area is 116 Å². The van der Waals surface area contributed by atoms with Crippen molar-refractivity contribution in [3.63, 3.8) is 0 Å². The van der Waals surface area contributed by atoms with Crippen LogP contribution in [-0.2, 0) is 6.42 Å². The van der Waals surface area contributed by atoms with Gasteiger partial charge < -0.3 is 5.73 Å². The first-order valence-electron chi connectivity index (χ1n) is 6.34. The molecule has 19 heavy (non-hydrogen) atoms. The number of rotatable bonds is 6. The second-order valence-electron chi connectivity index (χ2n) is 4.36. The number of halogens is 1. The molecule has 5 nitrogen and oxygen atoms in total. The summed E-state index contributed by atoms with van der Waals surface area (Å²) in [5.74, 6) is 0.726. The van der Waals surface area contributed by atoms with Gasteiger partial charge in [0, 0.05) is 11.4 Å². The summed E-state index contributed by atoms with van der Waals surface area (Å²) in [4.78, 5) is 11.8. The fourth-order valence-corrected chi connectivity index (χ4v) is 2.17. The molecule has 2 rings (SSSR count). The minimum Gasteiger partial charge on any atom is -0.330 e. The third kappa shape index (κ3) is 3.45. The molecular formula is C13H17ClN4O. The molecule has 3 N–H and O–H groups in total. The van der Waals surface area contributed by atoms with E-state index in [0.29, 0.717) is 11.6 Å². The number of hydrogen-bond donors (Lipinski definition) is 2. The monoisotopic (exact) mass is 280 g/mol. The molecule has 0 aliphatic heterocycles. The molecule has 0 unspecified atom stereocenters. The highest BCUT2D eigenvalue weighted by molar-refractivity contribution is 6.30. The van der Waals surface area contributed by atoms with Crippen LogP contribution in [0.1, 0.15) is 25.1 Å². The summed E-state index contributed by atoms with van der Waals surface area (Å²) >= 11 is 5.95. The van der Waals surface area contributed by atoms with Gasteiger partial charge in [0.1, 0.15) is 5.82 Å². The standard InChI is InChI=1S/C13H17ClN4O/c14-10-5-4-6-11(9-10)18-12(16-17-13(18)19)7-2-1-3-8-15/h4-6,9H,1-3,7-8,15H2,(H,17,19). The highest BCUT2D eigenvalue weighted by Crippen LogP contribution is 2.15. The van der Waals surface area contributed by atoms with Gasteiger partial charge in [-0.25, -0.2) is 14.5 Å². The van der Waals surface area contributed by atoms with Gasteiger partial charge in [-0.15, -0.1) is 0 Å². The molecule has 0 atom stereocenters. The van der Waals surface area contributed by atoms with Crippen LogP contribution in [0, 0.1) is 0 Å². The first-order chi connectivity index (χ1) is 9.22. The maximum Gasteiger partial charge on any atom is 0.347 e. The molecule has 0 spiro atoms. The summed E-state index contributed by atoms with van der Waals surface area (Å²) in [5, 5.41) is 7.15. The molecule has 0 bridgehead atoms. The van der Waals surface area contributed by atoms with Gasteiger partial charge in [-0.3, -0.25) is 0 Å². The average Bonchev–Trinajstić information content (AvgIpc) is 2.76. The van der Waals surface area contributed by atoms with Gasteiger partial charge >= 0.3 is 5.69 Å². The number of aromatic nitrogens is 3. The first kappa shape index (κ1) is 13.8. The molecule has 102 valence electrons. The zero-order valence-corrected chi connectivity index (χ0v) is 11.4. The molecule has 0 aliphatic carbocycles. The van der Waals surface area contributed by atoms with Crippen LogP contribution < -0.4 is 11.4 Å². The lowest BCUT2D eigenvalue weighted by Gasteiger charge is -2.06. The lowest BCUT2D eigenvalue weighted by molar-refractivity contribution is 0.661. The van der Waals surface area contributed by atoms with Crippen LogP contribution >= 0.6 is 11.6 Å². The van der Waals surface area contributed by atoms with Gasteiger partial charge in [-0.05, 0) is 37.6 Å². The van der Waals surface area contributed by atoms with E-state index in [4.69, 9.17) is 17.3 Å². The van der Waals surface area contributed by atoms with Crippen LogP contribution in [-0.4, -0.2) is 21.3 Å². The first-order valence-corrected chi connectivity index (χ1v) is 6.72. The molecule has 0 radical (unpaired) electrons. The van der Waals surface area contributed by atoms with Crippen LogP contribution in [0.4, 0.5) is 0 Å². The minimum absolute atomic E-state index is 0.240. The van der Waals surface area contributed by atoms with Crippen molar-refractivity contribution in [2.45, 2.75) is 25.7 Å². The zero-order valence-electron chi connectivity index (χ0n) is 10.6. The Bertz CT molecular complexity index is 590. The third-order valence-corrected chi connectivity index (χ3v) is 3.15. The van der Waals surface area contributed by atoms with Gasteiger partial charge in [-0.1, -0.05) is 24.1 Å². The predicted octanol–water partition coefficient (Wildman–Crippen LogP) is 1.89. The van der Waals surface area contributed by atoms with Crippen molar-refractivity contribution in [1.82, 2.24) is 14.8 Å². The predicted molar refractivity (Wildman–Crippen MR) is 75.8 cm³/mol. The maximum absolute atomic E-state index is 11.8. The van der Waals surface area contributed by atoms with Crippen LogP contribution in [0.15, 0.2) is 29.1 Å². The van der Waals surface area contributed by atoms with Crippen molar-refractivity contribution >= 4 is 11.6 Å². The second kappa shape index (κ2) is 6.54. The molecular weight excluding hydrogens is 264 g/mol. The van der Waals surface area contributed by atoms with Gasteiger partial charge in [0.25, 0.3) is 0 Å². The van der Waals surface area contributed by atoms with Crippen LogP contribution in [0.2, 0.25) is 5.02 Å². The van der Waals surface area contributed by atoms with E-state index >= 15 is 0 Å². The topological polar surface area (TPSA) is 76.7 Å². The van der Waals surface area contributed by atoms with Crippen molar-refractivity contribution in [3.8, 4) is 5.69 Å². The van der Waals surface area contributed by atoms with Crippen molar-refractivity contribution in [1.29, 1.82) is 0 Å². The molecule has 0 saturated carbocycles. The van der Waals surface area contributed by atoms with E-state index in [9.17, 15) is 4.79 Å². The van der Waals surface area contributed by atoms with E-state index in [2.05, 4.69) is 10.2 Å². The summed E-state index contributed by atoms with van der Waals surface area (Å²) in [6, 6.07) is 7.18. The van der Waals surface area contributed by atoms with E-state index in [1.807, 2.05) is 12.1 Å². The molecule has 0 saturated heterocycles. The number of unbranched alkanes of at least 4 members (excludes halogenated alkanes) is 2. The number of nitrogens with zero attached hydrogens (tertiary/aromatic N) is 2. The van der Waals surface area contributed by atoms with Gasteiger partial charge in [0.15, 0.2) is 0 Å². The van der Waals surface area contributed by atoms with Gasteiger partial charge in [0.2, 0.25) is 0 Å². The lowest BCUT2D eigenvalue weighted by atomic mass is 10.2. The smallest absolute Gasteiger partial charge is 0.330 e. The van der Waals surface area contributed by atoms with E-state index in [-0.39, 0.29) is 5.69 Å². The Morgan fingerprint density at radius 1 is 1.32 bits per heavy atom. The van der Waals surface area contributed by atoms with Crippen LogP contribution in [0.3, 0.4) is 0 Å². The molecule has 0 aliphatic rings. The normalized spacial score (nSPS) is 10.8. The van der Waals surface area contributed by atoms with E-state index in [1.54, 1.807) is 16.7 Å². The van der Waals surface area contributed by atoms with E-state index in [0.717, 1.165) is 37.2 Å². The molecule has 2 aromatic rings.